The Morgan fingerprint density at radius 2 is 2.28 bits per heavy atom. The zero-order valence-corrected chi connectivity index (χ0v) is 11.9. The maximum Gasteiger partial charge on any atom is 0.255 e. The van der Waals surface area contributed by atoms with Crippen molar-refractivity contribution < 1.29 is 13.9 Å². The van der Waals surface area contributed by atoms with Crippen LogP contribution in [0.4, 0.5) is 4.39 Å². The Labute approximate surface area is 114 Å². The van der Waals surface area contributed by atoms with Crippen LogP contribution in [-0.4, -0.2) is 36.6 Å². The average Bonchev–Trinajstić information content (AvgIpc) is 2.77. The first kappa shape index (κ1) is 13.5. The van der Waals surface area contributed by atoms with Gasteiger partial charge in [0.1, 0.15) is 5.82 Å². The van der Waals surface area contributed by atoms with Gasteiger partial charge in [-0.25, -0.2) is 4.39 Å². The normalized spacial score (nSPS) is 23.1. The van der Waals surface area contributed by atoms with Crippen LogP contribution < -0.4 is 0 Å². The van der Waals surface area contributed by atoms with E-state index >= 15 is 0 Å². The molecule has 2 atom stereocenters. The van der Waals surface area contributed by atoms with Gasteiger partial charge in [-0.1, -0.05) is 0 Å². The van der Waals surface area contributed by atoms with Gasteiger partial charge in [-0.3, -0.25) is 4.79 Å². The molecule has 1 saturated heterocycles. The number of amides is 1. The van der Waals surface area contributed by atoms with Gasteiger partial charge < -0.3 is 9.64 Å². The highest BCUT2D eigenvalue weighted by Gasteiger charge is 2.31. The monoisotopic (exact) mass is 315 g/mol. The first-order chi connectivity index (χ1) is 8.50. The molecule has 2 unspecified atom stereocenters. The number of likely N-dealkylation sites (N-methyl/N-ethyl adjacent to an activating group) is 1. The quantitative estimate of drug-likeness (QED) is 0.840. The number of halogens is 2. The van der Waals surface area contributed by atoms with Crippen molar-refractivity contribution in [3.8, 4) is 0 Å². The molecule has 1 heterocycles. The smallest absolute Gasteiger partial charge is 0.255 e. The molecule has 1 aliphatic rings. The van der Waals surface area contributed by atoms with E-state index in [9.17, 15) is 9.18 Å². The number of nitrogens with zero attached hydrogens (tertiary/aromatic N) is 1. The fourth-order valence-electron chi connectivity index (χ4n) is 2.23. The molecule has 0 aromatic heterocycles. The number of carbonyl (C=O) groups excluding carboxylic acids is 1. The standard InChI is InChI=1S/C13H15BrFNO2/c1-8-12(5-6-18-8)16(2)13(17)10-7-9(15)3-4-11(10)14/h3-4,7-8,12H,5-6H2,1-2H3. The van der Waals surface area contributed by atoms with Crippen LogP contribution in [0.5, 0.6) is 0 Å². The van der Waals surface area contributed by atoms with Crippen LogP contribution in [0.3, 0.4) is 0 Å². The van der Waals surface area contributed by atoms with E-state index in [-0.39, 0.29) is 18.1 Å². The Bertz CT molecular complexity index is 466. The Morgan fingerprint density at radius 3 is 2.89 bits per heavy atom. The lowest BCUT2D eigenvalue weighted by Crippen LogP contribution is -2.41. The van der Waals surface area contributed by atoms with Crippen LogP contribution in [-0.2, 0) is 4.74 Å². The van der Waals surface area contributed by atoms with Gasteiger partial charge in [-0.05, 0) is 47.5 Å². The summed E-state index contributed by atoms with van der Waals surface area (Å²) >= 11 is 3.28. The van der Waals surface area contributed by atoms with Crippen LogP contribution in [0.1, 0.15) is 23.7 Å². The van der Waals surface area contributed by atoms with Gasteiger partial charge in [-0.15, -0.1) is 0 Å². The Balaban J connectivity index is 2.22. The molecule has 0 spiro atoms. The lowest BCUT2D eigenvalue weighted by Gasteiger charge is -2.27. The van der Waals surface area contributed by atoms with Gasteiger partial charge in [0.25, 0.3) is 5.91 Å². The molecule has 2 rings (SSSR count). The van der Waals surface area contributed by atoms with Crippen molar-refractivity contribution in [2.24, 2.45) is 0 Å². The Morgan fingerprint density at radius 1 is 1.56 bits per heavy atom. The van der Waals surface area contributed by atoms with Crippen molar-refractivity contribution in [3.05, 3.63) is 34.1 Å². The summed E-state index contributed by atoms with van der Waals surface area (Å²) in [4.78, 5) is 14.0. The van der Waals surface area contributed by atoms with E-state index in [1.54, 1.807) is 18.0 Å². The first-order valence-electron chi connectivity index (χ1n) is 5.84. The second-order valence-electron chi connectivity index (χ2n) is 4.47. The molecule has 1 fully saturated rings. The fourth-order valence-corrected chi connectivity index (χ4v) is 2.65. The van der Waals surface area contributed by atoms with Crippen molar-refractivity contribution >= 4 is 21.8 Å². The van der Waals surface area contributed by atoms with Crippen LogP contribution in [0.15, 0.2) is 22.7 Å². The molecule has 18 heavy (non-hydrogen) atoms. The van der Waals surface area contributed by atoms with Gasteiger partial charge in [0.15, 0.2) is 0 Å². The highest BCUT2D eigenvalue weighted by atomic mass is 79.9. The molecule has 98 valence electrons. The van der Waals surface area contributed by atoms with Gasteiger partial charge >= 0.3 is 0 Å². The van der Waals surface area contributed by atoms with Crippen molar-refractivity contribution in [2.75, 3.05) is 13.7 Å². The van der Waals surface area contributed by atoms with Crippen molar-refractivity contribution in [1.29, 1.82) is 0 Å². The molecule has 0 saturated carbocycles. The van der Waals surface area contributed by atoms with Crippen LogP contribution in [0.25, 0.3) is 0 Å². The molecule has 1 amide bonds. The molecular formula is C13H15BrFNO2. The third-order valence-corrected chi connectivity index (χ3v) is 4.00. The number of hydrogen-bond donors (Lipinski definition) is 0. The van der Waals surface area contributed by atoms with Crippen LogP contribution in [0.2, 0.25) is 0 Å². The van der Waals surface area contributed by atoms with E-state index in [1.165, 1.54) is 12.1 Å². The van der Waals surface area contributed by atoms with E-state index in [2.05, 4.69) is 15.9 Å². The molecule has 5 heteroatoms. The zero-order valence-electron chi connectivity index (χ0n) is 10.3. The summed E-state index contributed by atoms with van der Waals surface area (Å²) in [7, 11) is 1.73. The Kier molecular flexibility index (Phi) is 4.02. The molecular weight excluding hydrogens is 301 g/mol. The third-order valence-electron chi connectivity index (χ3n) is 3.31. The zero-order chi connectivity index (χ0) is 13.3. The summed E-state index contributed by atoms with van der Waals surface area (Å²) in [6, 6.07) is 4.17. The minimum absolute atomic E-state index is 0.0197. The second-order valence-corrected chi connectivity index (χ2v) is 5.33. The summed E-state index contributed by atoms with van der Waals surface area (Å²) in [5, 5.41) is 0. The number of ether oxygens (including phenoxy) is 1. The summed E-state index contributed by atoms with van der Waals surface area (Å²) in [6.45, 7) is 2.61. The van der Waals surface area contributed by atoms with Crippen molar-refractivity contribution in [2.45, 2.75) is 25.5 Å². The van der Waals surface area contributed by atoms with Gasteiger partial charge in [-0.2, -0.15) is 0 Å². The summed E-state index contributed by atoms with van der Waals surface area (Å²) in [6.07, 6.45) is 0.836. The van der Waals surface area contributed by atoms with Crippen molar-refractivity contribution in [1.82, 2.24) is 4.90 Å². The number of hydrogen-bond acceptors (Lipinski definition) is 2. The summed E-state index contributed by atoms with van der Waals surface area (Å²) < 4.78 is 19.3. The fraction of sp³-hybridized carbons (Fsp3) is 0.462. The molecule has 0 bridgehead atoms. The predicted molar refractivity (Wildman–Crippen MR) is 70.0 cm³/mol. The van der Waals surface area contributed by atoms with E-state index in [0.29, 0.717) is 16.6 Å². The predicted octanol–water partition coefficient (Wildman–Crippen LogP) is 2.84. The highest BCUT2D eigenvalue weighted by molar-refractivity contribution is 9.10. The molecule has 0 aliphatic carbocycles. The van der Waals surface area contributed by atoms with E-state index in [0.717, 1.165) is 6.42 Å². The molecule has 1 aliphatic heterocycles. The van der Waals surface area contributed by atoms with E-state index in [1.807, 2.05) is 6.92 Å². The molecule has 3 nitrogen and oxygen atoms in total. The van der Waals surface area contributed by atoms with Crippen LogP contribution >= 0.6 is 15.9 Å². The van der Waals surface area contributed by atoms with Crippen LogP contribution in [0, 0.1) is 5.82 Å². The lowest BCUT2D eigenvalue weighted by atomic mass is 10.1. The van der Waals surface area contributed by atoms with Crippen molar-refractivity contribution in [3.63, 3.8) is 0 Å². The van der Waals surface area contributed by atoms with E-state index < -0.39 is 5.82 Å². The second kappa shape index (κ2) is 5.36. The molecule has 0 radical (unpaired) electrons. The average molecular weight is 316 g/mol. The summed E-state index contributed by atoms with van der Waals surface area (Å²) in [5.74, 6) is -0.602. The summed E-state index contributed by atoms with van der Waals surface area (Å²) in [5.41, 5.74) is 0.344. The topological polar surface area (TPSA) is 29.5 Å². The number of carbonyl (C=O) groups is 1. The highest BCUT2D eigenvalue weighted by Crippen LogP contribution is 2.24. The third kappa shape index (κ3) is 2.57. The van der Waals surface area contributed by atoms with Gasteiger partial charge in [0, 0.05) is 18.1 Å². The number of benzene rings is 1. The van der Waals surface area contributed by atoms with Gasteiger partial charge in [0.05, 0.1) is 17.7 Å². The maximum absolute atomic E-state index is 13.2. The number of rotatable bonds is 2. The SMILES string of the molecule is CC1OCCC1N(C)C(=O)c1cc(F)ccc1Br. The molecule has 1 aromatic carbocycles. The largest absolute Gasteiger partial charge is 0.376 e. The molecule has 0 N–H and O–H groups in total. The van der Waals surface area contributed by atoms with E-state index in [4.69, 9.17) is 4.74 Å². The Hall–Kier alpha value is -0.940. The maximum atomic E-state index is 13.2. The minimum Gasteiger partial charge on any atom is -0.376 e. The first-order valence-corrected chi connectivity index (χ1v) is 6.64. The molecule has 1 aromatic rings. The van der Waals surface area contributed by atoms with Gasteiger partial charge in [0.2, 0.25) is 0 Å². The minimum atomic E-state index is -0.411. The lowest BCUT2D eigenvalue weighted by molar-refractivity contribution is 0.0573.